The van der Waals surface area contributed by atoms with Crippen molar-refractivity contribution in [3.05, 3.63) is 48.6 Å². The molecule has 2 heterocycles. The molecule has 0 spiro atoms. The summed E-state index contributed by atoms with van der Waals surface area (Å²) in [5, 5.41) is 0. The van der Waals surface area contributed by atoms with Crippen LogP contribution in [0.25, 0.3) is 0 Å². The summed E-state index contributed by atoms with van der Waals surface area (Å²) in [4.78, 5) is 0. The van der Waals surface area contributed by atoms with E-state index in [1.54, 1.807) is 26.4 Å². The summed E-state index contributed by atoms with van der Waals surface area (Å²) in [5.41, 5.74) is 2.09. The van der Waals surface area contributed by atoms with E-state index in [4.69, 9.17) is 23.7 Å². The van der Waals surface area contributed by atoms with Gasteiger partial charge >= 0.3 is 0 Å². The van der Waals surface area contributed by atoms with Gasteiger partial charge in [0.2, 0.25) is 0 Å². The van der Waals surface area contributed by atoms with Crippen molar-refractivity contribution in [2.24, 2.45) is 11.8 Å². The molecule has 8 atom stereocenters. The van der Waals surface area contributed by atoms with Crippen LogP contribution in [0, 0.1) is 11.8 Å². The average Bonchev–Trinajstić information content (AvgIpc) is 2.74. The first-order chi connectivity index (χ1) is 14.3. The maximum Gasteiger partial charge on any atom is 0.183 e. The van der Waals surface area contributed by atoms with E-state index in [0.29, 0.717) is 0 Å². The maximum absolute atomic E-state index is 6.29. The van der Waals surface area contributed by atoms with Crippen LogP contribution in [0.2, 0.25) is 0 Å². The van der Waals surface area contributed by atoms with E-state index in [-0.39, 0.29) is 36.3 Å². The van der Waals surface area contributed by atoms with Crippen molar-refractivity contribution in [2.45, 2.75) is 85.0 Å². The van der Waals surface area contributed by atoms with Crippen LogP contribution in [0.4, 0.5) is 0 Å². The standard InChI is InChI=1S/C23H36O5.C2H6/c1-9-18(24-7)13-20-14(3)11-16(5)22(26-20)28-23-17(6)12-15(4)21(27-23)19(10-2)25-8;1-2/h9-12,14-15,18-23H,1-2,13H2,3-8H3;1-2H3. The fourth-order valence-corrected chi connectivity index (χ4v) is 3.87. The highest BCUT2D eigenvalue weighted by Crippen LogP contribution is 2.33. The topological polar surface area (TPSA) is 46.2 Å². The van der Waals surface area contributed by atoms with Crippen LogP contribution in [0.1, 0.15) is 48.0 Å². The monoisotopic (exact) mass is 422 g/mol. The van der Waals surface area contributed by atoms with Crippen LogP contribution in [-0.4, -0.2) is 51.2 Å². The second-order valence-corrected chi connectivity index (χ2v) is 7.80. The normalized spacial score (nSPS) is 33.3. The van der Waals surface area contributed by atoms with Gasteiger partial charge in [0.15, 0.2) is 12.6 Å². The van der Waals surface area contributed by atoms with Gasteiger partial charge in [0.25, 0.3) is 0 Å². The fourth-order valence-electron chi connectivity index (χ4n) is 3.87. The highest BCUT2D eigenvalue weighted by molar-refractivity contribution is 5.14. The molecule has 0 N–H and O–H groups in total. The van der Waals surface area contributed by atoms with Crippen molar-refractivity contribution in [2.75, 3.05) is 14.2 Å². The van der Waals surface area contributed by atoms with Gasteiger partial charge in [0.1, 0.15) is 6.10 Å². The van der Waals surface area contributed by atoms with Crippen molar-refractivity contribution < 1.29 is 23.7 Å². The summed E-state index contributed by atoms with van der Waals surface area (Å²) >= 11 is 0. The van der Waals surface area contributed by atoms with Gasteiger partial charge in [0.05, 0.1) is 18.3 Å². The first kappa shape index (κ1) is 26.8. The molecular weight excluding hydrogens is 380 g/mol. The molecule has 0 aromatic heterocycles. The Kier molecular flexibility index (Phi) is 11.8. The molecule has 172 valence electrons. The van der Waals surface area contributed by atoms with Gasteiger partial charge in [0, 0.05) is 32.5 Å². The van der Waals surface area contributed by atoms with E-state index in [0.717, 1.165) is 17.6 Å². The van der Waals surface area contributed by atoms with Crippen LogP contribution in [0.3, 0.4) is 0 Å². The van der Waals surface area contributed by atoms with E-state index in [2.05, 4.69) is 39.2 Å². The van der Waals surface area contributed by atoms with Crippen LogP contribution in [0.15, 0.2) is 48.6 Å². The second kappa shape index (κ2) is 13.2. The van der Waals surface area contributed by atoms with E-state index in [1.807, 2.05) is 27.7 Å². The predicted octanol–water partition coefficient (Wildman–Crippen LogP) is 5.44. The molecular formula is C25H42O5. The lowest BCUT2D eigenvalue weighted by Gasteiger charge is -2.40. The van der Waals surface area contributed by atoms with E-state index in [9.17, 15) is 0 Å². The van der Waals surface area contributed by atoms with Gasteiger partial charge < -0.3 is 23.7 Å². The summed E-state index contributed by atoms with van der Waals surface area (Å²) in [7, 11) is 3.35. The molecule has 5 nitrogen and oxygen atoms in total. The summed E-state index contributed by atoms with van der Waals surface area (Å²) < 4.78 is 29.8. The van der Waals surface area contributed by atoms with Gasteiger partial charge in [-0.1, -0.05) is 52.0 Å². The van der Waals surface area contributed by atoms with Crippen molar-refractivity contribution in [1.82, 2.24) is 0 Å². The Hall–Kier alpha value is -1.24. The Morgan fingerprint density at radius 1 is 0.933 bits per heavy atom. The van der Waals surface area contributed by atoms with Gasteiger partial charge in [-0.15, -0.1) is 13.2 Å². The lowest BCUT2D eigenvalue weighted by molar-refractivity contribution is -0.265. The molecule has 0 aliphatic carbocycles. The third-order valence-electron chi connectivity index (χ3n) is 5.58. The molecule has 0 aromatic rings. The van der Waals surface area contributed by atoms with E-state index in [1.165, 1.54) is 0 Å². The van der Waals surface area contributed by atoms with E-state index < -0.39 is 12.6 Å². The molecule has 2 aliphatic rings. The van der Waals surface area contributed by atoms with Gasteiger partial charge in [-0.05, 0) is 25.0 Å². The third kappa shape index (κ3) is 6.89. The molecule has 0 aromatic carbocycles. The zero-order chi connectivity index (χ0) is 22.8. The second-order valence-electron chi connectivity index (χ2n) is 7.80. The van der Waals surface area contributed by atoms with Gasteiger partial charge in [-0.2, -0.15) is 0 Å². The quantitative estimate of drug-likeness (QED) is 0.463. The number of methoxy groups -OCH3 is 2. The summed E-state index contributed by atoms with van der Waals surface area (Å²) in [5.74, 6) is 0.474. The number of rotatable bonds is 9. The Bertz CT molecular complexity index is 596. The van der Waals surface area contributed by atoms with Crippen molar-refractivity contribution >= 4 is 0 Å². The van der Waals surface area contributed by atoms with Crippen LogP contribution < -0.4 is 0 Å². The van der Waals surface area contributed by atoms with Crippen molar-refractivity contribution in [1.29, 1.82) is 0 Å². The molecule has 0 saturated carbocycles. The Morgan fingerprint density at radius 2 is 1.50 bits per heavy atom. The molecule has 0 fully saturated rings. The van der Waals surface area contributed by atoms with Gasteiger partial charge in [-0.25, -0.2) is 0 Å². The smallest absolute Gasteiger partial charge is 0.183 e. The lowest BCUT2D eigenvalue weighted by atomic mass is 9.93. The minimum atomic E-state index is -0.487. The summed E-state index contributed by atoms with van der Waals surface area (Å²) in [6, 6.07) is 0. The molecule has 5 heteroatoms. The predicted molar refractivity (Wildman–Crippen MR) is 122 cm³/mol. The van der Waals surface area contributed by atoms with Gasteiger partial charge in [-0.3, -0.25) is 0 Å². The summed E-state index contributed by atoms with van der Waals surface area (Å²) in [6.45, 7) is 20.0. The minimum absolute atomic E-state index is 0.0147. The fraction of sp³-hybridized carbons (Fsp3) is 0.680. The zero-order valence-electron chi connectivity index (χ0n) is 20.1. The van der Waals surface area contributed by atoms with Crippen LogP contribution in [0.5, 0.6) is 0 Å². The Morgan fingerprint density at radius 3 is 2.00 bits per heavy atom. The molecule has 0 amide bonds. The van der Waals surface area contributed by atoms with Crippen molar-refractivity contribution in [3.63, 3.8) is 0 Å². The van der Waals surface area contributed by atoms with Crippen LogP contribution >= 0.6 is 0 Å². The minimum Gasteiger partial charge on any atom is -0.377 e. The Balaban J connectivity index is 0.00000218. The molecule has 0 saturated heterocycles. The molecule has 8 unspecified atom stereocenters. The third-order valence-corrected chi connectivity index (χ3v) is 5.58. The molecule has 30 heavy (non-hydrogen) atoms. The summed E-state index contributed by atoms with van der Waals surface area (Å²) in [6.07, 6.45) is 7.32. The number of ether oxygens (including phenoxy) is 5. The number of hydrogen-bond acceptors (Lipinski definition) is 5. The van der Waals surface area contributed by atoms with Crippen molar-refractivity contribution in [3.8, 4) is 0 Å². The SMILES string of the molecule is C=CC(CC1OC(OC2OC(C(C=C)OC)C(C)C=C2C)C(C)=CC1C)OC.CC. The number of hydrogen-bond donors (Lipinski definition) is 0. The molecule has 2 rings (SSSR count). The molecule has 2 aliphatic heterocycles. The largest absolute Gasteiger partial charge is 0.377 e. The first-order valence-electron chi connectivity index (χ1n) is 11.0. The van der Waals surface area contributed by atoms with Crippen LogP contribution in [-0.2, 0) is 23.7 Å². The first-order valence-corrected chi connectivity index (χ1v) is 11.0. The highest BCUT2D eigenvalue weighted by Gasteiger charge is 2.37. The maximum atomic E-state index is 6.29. The van der Waals surface area contributed by atoms with E-state index >= 15 is 0 Å². The average molecular weight is 423 g/mol. The molecule has 0 bridgehead atoms. The molecule has 0 radical (unpaired) electrons. The lowest BCUT2D eigenvalue weighted by Crippen LogP contribution is -2.45. The highest BCUT2D eigenvalue weighted by atomic mass is 16.8. The zero-order valence-corrected chi connectivity index (χ0v) is 20.1. The Labute approximate surface area is 183 Å².